The molecule has 0 bridgehead atoms. The molecule has 0 saturated carbocycles. The number of benzene rings is 3. The Kier molecular flexibility index (Phi) is 7.24. The second-order valence-electron chi connectivity index (χ2n) is 8.37. The van der Waals surface area contributed by atoms with Crippen LogP contribution in [0.3, 0.4) is 0 Å². The number of methoxy groups -OCH3 is 1. The van der Waals surface area contributed by atoms with Gasteiger partial charge < -0.3 is 14.6 Å². The van der Waals surface area contributed by atoms with E-state index < -0.39 is 35.2 Å². The number of aliphatic hydroxyl groups is 1. The Morgan fingerprint density at radius 3 is 2.38 bits per heavy atom. The molecule has 4 rings (SSSR count). The number of halogens is 3. The monoisotopic (exact) mass is 511 g/mol. The van der Waals surface area contributed by atoms with Crippen LogP contribution < -0.4 is 14.4 Å². The van der Waals surface area contributed by atoms with E-state index in [2.05, 4.69) is 0 Å². The van der Waals surface area contributed by atoms with Gasteiger partial charge in [-0.3, -0.25) is 14.5 Å². The van der Waals surface area contributed by atoms with Gasteiger partial charge in [0, 0.05) is 11.3 Å². The van der Waals surface area contributed by atoms with Gasteiger partial charge in [0.2, 0.25) is 0 Å². The van der Waals surface area contributed by atoms with Crippen molar-refractivity contribution in [3.63, 3.8) is 0 Å². The van der Waals surface area contributed by atoms with Crippen molar-refractivity contribution in [1.29, 1.82) is 0 Å². The van der Waals surface area contributed by atoms with Gasteiger partial charge in [-0.1, -0.05) is 37.3 Å². The number of ketones is 1. The first kappa shape index (κ1) is 25.8. The normalized spacial score (nSPS) is 17.2. The minimum atomic E-state index is -4.66. The summed E-state index contributed by atoms with van der Waals surface area (Å²) in [5.41, 5.74) is -0.774. The van der Waals surface area contributed by atoms with Crippen molar-refractivity contribution < 1.29 is 37.3 Å². The fourth-order valence-electron chi connectivity index (χ4n) is 4.17. The second-order valence-corrected chi connectivity index (χ2v) is 8.37. The van der Waals surface area contributed by atoms with Gasteiger partial charge in [-0.05, 0) is 54.4 Å². The molecule has 9 heteroatoms. The van der Waals surface area contributed by atoms with Gasteiger partial charge >= 0.3 is 6.18 Å². The Morgan fingerprint density at radius 1 is 0.973 bits per heavy atom. The summed E-state index contributed by atoms with van der Waals surface area (Å²) in [6, 6.07) is 15.8. The molecule has 1 heterocycles. The molecule has 3 aromatic rings. The third-order valence-electron chi connectivity index (χ3n) is 5.89. The van der Waals surface area contributed by atoms with Crippen molar-refractivity contribution in [3.05, 3.63) is 95.1 Å². The van der Waals surface area contributed by atoms with Crippen LogP contribution in [0.4, 0.5) is 18.9 Å². The molecule has 1 fully saturated rings. The number of hydrogen-bond donors (Lipinski definition) is 1. The number of aliphatic hydroxyl groups excluding tert-OH is 1. The molecular formula is C28H24F3NO5. The molecule has 6 nitrogen and oxygen atoms in total. The molecule has 1 saturated heterocycles. The highest BCUT2D eigenvalue weighted by Gasteiger charge is 2.47. The first-order chi connectivity index (χ1) is 17.7. The fourth-order valence-corrected chi connectivity index (χ4v) is 4.17. The lowest BCUT2D eigenvalue weighted by atomic mass is 9.94. The quantitative estimate of drug-likeness (QED) is 0.235. The Labute approximate surface area is 211 Å². The Morgan fingerprint density at radius 2 is 1.68 bits per heavy atom. The summed E-state index contributed by atoms with van der Waals surface area (Å²) in [6.07, 6.45) is -3.90. The van der Waals surface area contributed by atoms with E-state index in [0.29, 0.717) is 23.7 Å². The summed E-state index contributed by atoms with van der Waals surface area (Å²) in [4.78, 5) is 27.5. The summed E-state index contributed by atoms with van der Waals surface area (Å²) in [5, 5.41) is 11.3. The molecule has 37 heavy (non-hydrogen) atoms. The van der Waals surface area contributed by atoms with E-state index in [9.17, 15) is 27.9 Å². The van der Waals surface area contributed by atoms with Gasteiger partial charge in [0.15, 0.2) is 0 Å². The Bertz CT molecular complexity index is 1370. The van der Waals surface area contributed by atoms with Crippen molar-refractivity contribution in [3.8, 4) is 11.5 Å². The van der Waals surface area contributed by atoms with E-state index >= 15 is 0 Å². The third kappa shape index (κ3) is 5.16. The van der Waals surface area contributed by atoms with Crippen LogP contribution in [0.2, 0.25) is 0 Å². The van der Waals surface area contributed by atoms with E-state index in [-0.39, 0.29) is 16.8 Å². The minimum Gasteiger partial charge on any atom is -0.507 e. The van der Waals surface area contributed by atoms with Gasteiger partial charge in [-0.2, -0.15) is 13.2 Å². The van der Waals surface area contributed by atoms with Crippen LogP contribution in [0.25, 0.3) is 5.76 Å². The zero-order valence-electron chi connectivity index (χ0n) is 20.1. The molecule has 0 spiro atoms. The zero-order chi connectivity index (χ0) is 26.7. The number of anilines is 1. The fraction of sp³-hybridized carbons (Fsp3) is 0.214. The van der Waals surface area contributed by atoms with Crippen LogP contribution in [0.1, 0.15) is 36.1 Å². The summed E-state index contributed by atoms with van der Waals surface area (Å²) in [7, 11) is 1.44. The van der Waals surface area contributed by atoms with Crippen molar-refractivity contribution >= 4 is 23.1 Å². The van der Waals surface area contributed by atoms with Gasteiger partial charge in [0.1, 0.15) is 17.3 Å². The maximum Gasteiger partial charge on any atom is 0.416 e. The first-order valence-corrected chi connectivity index (χ1v) is 11.5. The highest BCUT2D eigenvalue weighted by Crippen LogP contribution is 2.44. The number of Topliss-reactive ketones (excluding diaryl/α,β-unsaturated/α-hetero) is 1. The van der Waals surface area contributed by atoms with Crippen molar-refractivity contribution in [2.75, 3.05) is 18.6 Å². The molecule has 0 aromatic heterocycles. The molecule has 0 radical (unpaired) electrons. The SMILES string of the molecule is CCCOc1cccc(/C(O)=C2\C(=O)C(=O)N(c3cccc(C(F)(F)F)c3)C2c2cccc(OC)c2)c1. The predicted molar refractivity (Wildman–Crippen MR) is 131 cm³/mol. The van der Waals surface area contributed by atoms with Crippen molar-refractivity contribution in [1.82, 2.24) is 0 Å². The van der Waals surface area contributed by atoms with E-state index in [1.54, 1.807) is 42.5 Å². The molecule has 1 unspecified atom stereocenters. The number of carbonyl (C=O) groups excluding carboxylic acids is 2. The number of carbonyl (C=O) groups is 2. The van der Waals surface area contributed by atoms with Crippen LogP contribution in [-0.2, 0) is 15.8 Å². The smallest absolute Gasteiger partial charge is 0.416 e. The molecule has 1 atom stereocenters. The Balaban J connectivity index is 1.92. The van der Waals surface area contributed by atoms with Gasteiger partial charge in [0.05, 0.1) is 30.9 Å². The molecule has 1 aliphatic rings. The Hall–Kier alpha value is -4.27. The van der Waals surface area contributed by atoms with Crippen molar-refractivity contribution in [2.24, 2.45) is 0 Å². The topological polar surface area (TPSA) is 76.1 Å². The van der Waals surface area contributed by atoms with Crippen molar-refractivity contribution in [2.45, 2.75) is 25.6 Å². The predicted octanol–water partition coefficient (Wildman–Crippen LogP) is 6.13. The zero-order valence-corrected chi connectivity index (χ0v) is 20.1. The lowest BCUT2D eigenvalue weighted by Gasteiger charge is -2.26. The third-order valence-corrected chi connectivity index (χ3v) is 5.89. The lowest BCUT2D eigenvalue weighted by molar-refractivity contribution is -0.137. The average molecular weight is 511 g/mol. The number of alkyl halides is 3. The van der Waals surface area contributed by atoms with E-state index in [1.165, 1.54) is 19.2 Å². The van der Waals surface area contributed by atoms with E-state index in [4.69, 9.17) is 9.47 Å². The highest BCUT2D eigenvalue weighted by molar-refractivity contribution is 6.51. The molecule has 1 N–H and O–H groups in total. The number of rotatable bonds is 7. The summed E-state index contributed by atoms with van der Waals surface area (Å²) in [5.74, 6) is -1.70. The molecule has 1 amide bonds. The van der Waals surface area contributed by atoms with Crippen LogP contribution in [0.15, 0.2) is 78.4 Å². The molecule has 3 aromatic carbocycles. The van der Waals surface area contributed by atoms with Gasteiger partial charge in [-0.25, -0.2) is 0 Å². The first-order valence-electron chi connectivity index (χ1n) is 11.5. The summed E-state index contributed by atoms with van der Waals surface area (Å²) >= 11 is 0. The second kappa shape index (κ2) is 10.4. The maximum absolute atomic E-state index is 13.5. The number of hydrogen-bond acceptors (Lipinski definition) is 5. The lowest BCUT2D eigenvalue weighted by Crippen LogP contribution is -2.29. The van der Waals surface area contributed by atoms with Crippen LogP contribution in [0.5, 0.6) is 11.5 Å². The van der Waals surface area contributed by atoms with Gasteiger partial charge in [0.25, 0.3) is 11.7 Å². The molecule has 0 aliphatic carbocycles. The minimum absolute atomic E-state index is 0.135. The van der Waals surface area contributed by atoms with E-state index in [0.717, 1.165) is 29.5 Å². The molecular weight excluding hydrogens is 487 g/mol. The number of nitrogens with zero attached hydrogens (tertiary/aromatic N) is 1. The average Bonchev–Trinajstić information content (AvgIpc) is 3.17. The molecule has 1 aliphatic heterocycles. The summed E-state index contributed by atoms with van der Waals surface area (Å²) in [6.45, 7) is 2.38. The van der Waals surface area contributed by atoms with Gasteiger partial charge in [-0.15, -0.1) is 0 Å². The van der Waals surface area contributed by atoms with Crippen LogP contribution >= 0.6 is 0 Å². The van der Waals surface area contributed by atoms with Crippen LogP contribution in [0, 0.1) is 0 Å². The van der Waals surface area contributed by atoms with Crippen LogP contribution in [-0.4, -0.2) is 30.5 Å². The van der Waals surface area contributed by atoms with E-state index in [1.807, 2.05) is 6.92 Å². The summed E-state index contributed by atoms with van der Waals surface area (Å²) < 4.78 is 51.2. The standard InChI is InChI=1S/C28H24F3NO5/c1-3-13-37-22-12-5-8-18(15-22)25(33)23-24(17-7-4-11-21(14-17)36-2)32(27(35)26(23)34)20-10-6-9-19(16-20)28(29,30)31/h4-12,14-16,24,33H,3,13H2,1-2H3/b25-23+. The number of amides is 1. The number of ether oxygens (including phenoxy) is 2. The largest absolute Gasteiger partial charge is 0.507 e. The highest BCUT2D eigenvalue weighted by atomic mass is 19.4. The molecule has 192 valence electrons. The maximum atomic E-state index is 13.5.